The molecule has 5 nitrogen and oxygen atoms in total. The number of hydrogen-bond acceptors (Lipinski definition) is 4. The molecule has 1 aliphatic heterocycles. The Balaban J connectivity index is 1.72. The van der Waals surface area contributed by atoms with E-state index in [1.165, 1.54) is 17.0 Å². The van der Waals surface area contributed by atoms with Gasteiger partial charge in [0.2, 0.25) is 11.7 Å². The summed E-state index contributed by atoms with van der Waals surface area (Å²) in [6, 6.07) is 10.2. The Labute approximate surface area is 183 Å². The van der Waals surface area contributed by atoms with Crippen LogP contribution in [0.1, 0.15) is 28.8 Å². The molecule has 1 heterocycles. The third-order valence-electron chi connectivity index (χ3n) is 5.04. The number of anilines is 1. The number of carbonyl (C=O) groups excluding carboxylic acids is 3. The highest BCUT2D eigenvalue weighted by molar-refractivity contribution is 6.31. The molecule has 0 unspecified atom stereocenters. The second kappa shape index (κ2) is 9.58. The molecular weight excluding hydrogens is 432 g/mol. The first-order valence-corrected chi connectivity index (χ1v) is 10.3. The maximum absolute atomic E-state index is 13.1. The van der Waals surface area contributed by atoms with Crippen molar-refractivity contribution in [2.45, 2.75) is 25.9 Å². The summed E-state index contributed by atoms with van der Waals surface area (Å²) in [6.07, 6.45) is -1.01. The van der Waals surface area contributed by atoms with Gasteiger partial charge in [0.15, 0.2) is 6.10 Å². The molecule has 1 amide bonds. The molecule has 30 heavy (non-hydrogen) atoms. The molecule has 2 atom stereocenters. The van der Waals surface area contributed by atoms with Gasteiger partial charge in [-0.1, -0.05) is 17.7 Å². The fourth-order valence-corrected chi connectivity index (χ4v) is 3.73. The van der Waals surface area contributed by atoms with Crippen molar-refractivity contribution >= 4 is 46.5 Å². The fraction of sp³-hybridized carbons (Fsp3) is 0.318. The van der Waals surface area contributed by atoms with Crippen LogP contribution in [0.15, 0.2) is 42.5 Å². The van der Waals surface area contributed by atoms with Crippen molar-refractivity contribution in [2.75, 3.05) is 17.3 Å². The molecule has 2 aromatic carbocycles. The lowest BCUT2D eigenvalue weighted by Crippen LogP contribution is -2.32. The van der Waals surface area contributed by atoms with Gasteiger partial charge in [0.1, 0.15) is 5.82 Å². The molecule has 0 radical (unpaired) electrons. The minimum Gasteiger partial charge on any atom is -0.454 e. The summed E-state index contributed by atoms with van der Waals surface area (Å²) in [7, 11) is 0. The third-order valence-corrected chi connectivity index (χ3v) is 5.67. The summed E-state index contributed by atoms with van der Waals surface area (Å²) in [5.41, 5.74) is 1.61. The number of carbonyl (C=O) groups is 3. The fourth-order valence-electron chi connectivity index (χ4n) is 3.37. The number of ether oxygens (including phenoxy) is 1. The number of amides is 1. The second-order valence-electron chi connectivity index (χ2n) is 7.06. The van der Waals surface area contributed by atoms with Gasteiger partial charge in [0.05, 0.1) is 5.92 Å². The maximum atomic E-state index is 13.1. The van der Waals surface area contributed by atoms with E-state index in [0.717, 1.165) is 17.7 Å². The number of nitrogens with zero attached hydrogens (tertiary/aromatic N) is 1. The van der Waals surface area contributed by atoms with Crippen molar-refractivity contribution in [3.8, 4) is 0 Å². The van der Waals surface area contributed by atoms with Gasteiger partial charge in [-0.15, -0.1) is 11.6 Å². The van der Waals surface area contributed by atoms with E-state index in [-0.39, 0.29) is 36.7 Å². The molecule has 8 heteroatoms. The van der Waals surface area contributed by atoms with Crippen LogP contribution in [0, 0.1) is 18.7 Å². The molecule has 0 aromatic heterocycles. The summed E-state index contributed by atoms with van der Waals surface area (Å²) in [5, 5.41) is 0.526. The zero-order valence-corrected chi connectivity index (χ0v) is 17.8. The quantitative estimate of drug-likeness (QED) is 0.351. The van der Waals surface area contributed by atoms with E-state index in [2.05, 4.69) is 0 Å². The van der Waals surface area contributed by atoms with E-state index < -0.39 is 29.6 Å². The van der Waals surface area contributed by atoms with Crippen molar-refractivity contribution in [3.63, 3.8) is 0 Å². The largest absolute Gasteiger partial charge is 0.454 e. The van der Waals surface area contributed by atoms with Crippen LogP contribution in [-0.4, -0.2) is 36.2 Å². The van der Waals surface area contributed by atoms with Gasteiger partial charge in [-0.3, -0.25) is 14.4 Å². The van der Waals surface area contributed by atoms with Crippen molar-refractivity contribution in [1.29, 1.82) is 0 Å². The van der Waals surface area contributed by atoms with E-state index in [1.54, 1.807) is 25.1 Å². The van der Waals surface area contributed by atoms with Crippen LogP contribution in [0.5, 0.6) is 0 Å². The number of benzene rings is 2. The van der Waals surface area contributed by atoms with Crippen LogP contribution in [-0.2, 0) is 14.3 Å². The summed E-state index contributed by atoms with van der Waals surface area (Å²) in [4.78, 5) is 39.4. The van der Waals surface area contributed by atoms with Crippen LogP contribution in [0.3, 0.4) is 0 Å². The minimum atomic E-state index is -1.10. The normalized spacial score (nSPS) is 17.1. The van der Waals surface area contributed by atoms with Crippen LogP contribution >= 0.6 is 23.2 Å². The molecule has 158 valence electrons. The lowest BCUT2D eigenvalue weighted by molar-refractivity contribution is -0.151. The first-order chi connectivity index (χ1) is 14.3. The zero-order valence-electron chi connectivity index (χ0n) is 16.2. The minimum absolute atomic E-state index is 0.0247. The maximum Gasteiger partial charge on any atom is 0.312 e. The molecule has 0 N–H and O–H groups in total. The summed E-state index contributed by atoms with van der Waals surface area (Å²) < 4.78 is 18.6. The highest BCUT2D eigenvalue weighted by atomic mass is 35.5. The average Bonchev–Trinajstić information content (AvgIpc) is 3.11. The molecule has 1 saturated heterocycles. The Morgan fingerprint density at radius 2 is 1.93 bits per heavy atom. The van der Waals surface area contributed by atoms with Crippen LogP contribution in [0.4, 0.5) is 10.1 Å². The SMILES string of the molecule is Cc1c(Cl)cccc1N1C[C@H](C(=O)O[C@H](CCCl)C(=O)c2ccc(F)cc2)CC1=O. The number of rotatable bonds is 7. The van der Waals surface area contributed by atoms with E-state index in [4.69, 9.17) is 27.9 Å². The van der Waals surface area contributed by atoms with Crippen molar-refractivity contribution < 1.29 is 23.5 Å². The van der Waals surface area contributed by atoms with Crippen LogP contribution in [0.2, 0.25) is 5.02 Å². The Bertz CT molecular complexity index is 964. The highest BCUT2D eigenvalue weighted by Gasteiger charge is 2.38. The van der Waals surface area contributed by atoms with Crippen molar-refractivity contribution in [3.05, 3.63) is 64.4 Å². The summed E-state index contributed by atoms with van der Waals surface area (Å²) >= 11 is 11.9. The highest BCUT2D eigenvalue weighted by Crippen LogP contribution is 2.32. The molecule has 0 saturated carbocycles. The van der Waals surface area contributed by atoms with Gasteiger partial charge in [0, 0.05) is 41.5 Å². The molecule has 0 bridgehead atoms. The predicted molar refractivity (Wildman–Crippen MR) is 113 cm³/mol. The lowest BCUT2D eigenvalue weighted by Gasteiger charge is -2.21. The Morgan fingerprint density at radius 1 is 1.23 bits per heavy atom. The van der Waals surface area contributed by atoms with E-state index in [9.17, 15) is 18.8 Å². The number of Topliss-reactive ketones (excluding diaryl/α,β-unsaturated/α-hetero) is 1. The third kappa shape index (κ3) is 4.82. The first-order valence-electron chi connectivity index (χ1n) is 9.43. The molecule has 2 aromatic rings. The average molecular weight is 452 g/mol. The van der Waals surface area contributed by atoms with Crippen LogP contribution in [0.25, 0.3) is 0 Å². The second-order valence-corrected chi connectivity index (χ2v) is 7.85. The van der Waals surface area contributed by atoms with Crippen molar-refractivity contribution in [1.82, 2.24) is 0 Å². The molecule has 1 aliphatic rings. The number of hydrogen-bond donors (Lipinski definition) is 0. The predicted octanol–water partition coefficient (Wildman–Crippen LogP) is 4.56. The van der Waals surface area contributed by atoms with Crippen LogP contribution < -0.4 is 4.90 Å². The number of ketones is 1. The van der Waals surface area contributed by atoms with Gasteiger partial charge < -0.3 is 9.64 Å². The molecule has 1 fully saturated rings. The monoisotopic (exact) mass is 451 g/mol. The lowest BCUT2D eigenvalue weighted by atomic mass is 10.0. The first kappa shape index (κ1) is 22.2. The van der Waals surface area contributed by atoms with Gasteiger partial charge in [0.25, 0.3) is 0 Å². The van der Waals surface area contributed by atoms with E-state index in [0.29, 0.717) is 10.7 Å². The summed E-state index contributed by atoms with van der Waals surface area (Å²) in [6.45, 7) is 1.94. The van der Waals surface area contributed by atoms with Gasteiger partial charge in [-0.05, 0) is 48.9 Å². The van der Waals surface area contributed by atoms with E-state index in [1.807, 2.05) is 0 Å². The standard InChI is InChI=1S/C22H20Cl2FNO4/c1-13-17(24)3-2-4-18(13)26-12-15(11-20(26)27)22(29)30-19(9-10-23)21(28)14-5-7-16(25)8-6-14/h2-8,15,19H,9-12H2,1H3/t15-,19-/m1/s1. The van der Waals surface area contributed by atoms with E-state index >= 15 is 0 Å². The zero-order chi connectivity index (χ0) is 21.8. The van der Waals surface area contributed by atoms with Gasteiger partial charge >= 0.3 is 5.97 Å². The molecule has 0 aliphatic carbocycles. The Kier molecular flexibility index (Phi) is 7.10. The number of esters is 1. The Morgan fingerprint density at radius 3 is 2.60 bits per heavy atom. The Hall–Kier alpha value is -2.44. The van der Waals surface area contributed by atoms with Crippen molar-refractivity contribution in [2.24, 2.45) is 5.92 Å². The molecule has 0 spiro atoms. The molecule has 3 rings (SSSR count). The van der Waals surface area contributed by atoms with Gasteiger partial charge in [-0.2, -0.15) is 0 Å². The number of alkyl halides is 1. The van der Waals surface area contributed by atoms with Gasteiger partial charge in [-0.25, -0.2) is 4.39 Å². The topological polar surface area (TPSA) is 63.7 Å². The smallest absolute Gasteiger partial charge is 0.312 e. The number of halogens is 3. The summed E-state index contributed by atoms with van der Waals surface area (Å²) in [5.74, 6) is -2.41. The molecular formula is C22H20Cl2FNO4.